The molecule has 1 heterocycles. The van der Waals surface area contributed by atoms with Gasteiger partial charge in [-0.15, -0.1) is 11.6 Å². The summed E-state index contributed by atoms with van der Waals surface area (Å²) in [5, 5.41) is 9.26. The Kier molecular flexibility index (Phi) is 10.1. The number of alkyl halides is 1. The maximum atomic E-state index is 12.1. The maximum Gasteiger partial charge on any atom is 0.349 e. The molecule has 0 fully saturated rings. The highest BCUT2D eigenvalue weighted by molar-refractivity contribution is 6.17. The molecule has 9 heteroatoms. The van der Waals surface area contributed by atoms with Crippen molar-refractivity contribution in [3.63, 3.8) is 0 Å². The molecule has 0 atom stereocenters. The molecule has 2 rings (SSSR count). The summed E-state index contributed by atoms with van der Waals surface area (Å²) in [4.78, 5) is 18.3. The highest BCUT2D eigenvalue weighted by Gasteiger charge is 2.13. The Labute approximate surface area is 181 Å². The monoisotopic (exact) mass is 435 g/mol. The van der Waals surface area contributed by atoms with Gasteiger partial charge in [0.05, 0.1) is 19.8 Å². The first-order valence-corrected chi connectivity index (χ1v) is 10.2. The van der Waals surface area contributed by atoms with Crippen LogP contribution in [-0.2, 0) is 19.0 Å². The molecule has 0 N–H and O–H groups in total. The molecule has 0 bridgehead atoms. The van der Waals surface area contributed by atoms with Crippen molar-refractivity contribution in [2.75, 3.05) is 57.9 Å². The highest BCUT2D eigenvalue weighted by Crippen LogP contribution is 2.22. The zero-order valence-corrected chi connectivity index (χ0v) is 18.0. The molecule has 0 radical (unpaired) electrons. The summed E-state index contributed by atoms with van der Waals surface area (Å²) < 4.78 is 21.4. The normalized spacial score (nSPS) is 11.5. The summed E-state index contributed by atoms with van der Waals surface area (Å²) in [6.07, 6.45) is 3.11. The highest BCUT2D eigenvalue weighted by atomic mass is 35.5. The van der Waals surface area contributed by atoms with E-state index in [0.717, 1.165) is 18.5 Å². The van der Waals surface area contributed by atoms with E-state index in [-0.39, 0.29) is 24.7 Å². The van der Waals surface area contributed by atoms with Gasteiger partial charge in [-0.05, 0) is 25.0 Å². The second-order valence-electron chi connectivity index (χ2n) is 6.53. The first-order valence-electron chi connectivity index (χ1n) is 9.63. The van der Waals surface area contributed by atoms with Crippen LogP contribution in [0.1, 0.15) is 18.7 Å². The molecule has 0 saturated carbocycles. The lowest BCUT2D eigenvalue weighted by Gasteiger charge is -2.10. The number of carbonyl (C=O) groups is 1. The van der Waals surface area contributed by atoms with Crippen molar-refractivity contribution in [1.29, 1.82) is 5.26 Å². The predicted octanol–water partition coefficient (Wildman–Crippen LogP) is 3.40. The van der Waals surface area contributed by atoms with Gasteiger partial charge >= 0.3 is 5.97 Å². The van der Waals surface area contributed by atoms with Gasteiger partial charge in [0.15, 0.2) is 5.58 Å². The number of oxazole rings is 1. The summed E-state index contributed by atoms with van der Waals surface area (Å²) in [5.41, 5.74) is 1.96. The number of fused-ring (bicyclic) bond motifs is 1. The molecule has 30 heavy (non-hydrogen) atoms. The van der Waals surface area contributed by atoms with E-state index in [1.807, 2.05) is 43.3 Å². The summed E-state index contributed by atoms with van der Waals surface area (Å²) in [7, 11) is 3.84. The van der Waals surface area contributed by atoms with Crippen LogP contribution in [0.25, 0.3) is 17.2 Å². The van der Waals surface area contributed by atoms with E-state index in [1.165, 1.54) is 6.08 Å². The lowest BCUT2D eigenvalue weighted by molar-refractivity contribution is -0.140. The molecule has 1 aromatic carbocycles. The number of nitrogens with zero attached hydrogens (tertiary/aromatic N) is 3. The van der Waals surface area contributed by atoms with Gasteiger partial charge < -0.3 is 23.5 Å². The average Bonchev–Trinajstić information content (AvgIpc) is 3.14. The Morgan fingerprint density at radius 3 is 2.63 bits per heavy atom. The molecule has 2 aromatic rings. The van der Waals surface area contributed by atoms with E-state index in [4.69, 9.17) is 30.2 Å². The molecule has 0 saturated heterocycles. The topological polar surface area (TPSA) is 97.8 Å². The SMILES string of the molecule is CN(C)c1ccc2nc(/C=C(\C#N)C(=O)OCCOCCOCCCCCl)oc2c1. The van der Waals surface area contributed by atoms with Crippen LogP contribution in [0.15, 0.2) is 28.2 Å². The zero-order chi connectivity index (χ0) is 21.8. The Balaban J connectivity index is 1.78. The minimum absolute atomic E-state index is 0.0316. The lowest BCUT2D eigenvalue weighted by atomic mass is 10.2. The molecule has 0 amide bonds. The fourth-order valence-electron chi connectivity index (χ4n) is 2.42. The van der Waals surface area contributed by atoms with Crippen LogP contribution in [0.2, 0.25) is 0 Å². The number of hydrogen-bond acceptors (Lipinski definition) is 8. The lowest BCUT2D eigenvalue weighted by Crippen LogP contribution is -2.14. The fraction of sp³-hybridized carbons (Fsp3) is 0.476. The molecular formula is C21H26ClN3O5. The van der Waals surface area contributed by atoms with Gasteiger partial charge in [-0.1, -0.05) is 0 Å². The second-order valence-corrected chi connectivity index (χ2v) is 6.90. The molecule has 0 aliphatic heterocycles. The molecule has 1 aromatic heterocycles. The van der Waals surface area contributed by atoms with Crippen LogP contribution in [0.3, 0.4) is 0 Å². The van der Waals surface area contributed by atoms with E-state index < -0.39 is 5.97 Å². The number of carbonyl (C=O) groups excluding carboxylic acids is 1. The first kappa shape index (κ1) is 23.7. The molecule has 0 aliphatic carbocycles. The first-order chi connectivity index (χ1) is 14.5. The molecule has 162 valence electrons. The number of rotatable bonds is 13. The van der Waals surface area contributed by atoms with Gasteiger partial charge in [0, 0.05) is 44.4 Å². The van der Waals surface area contributed by atoms with Crippen molar-refractivity contribution in [2.24, 2.45) is 0 Å². The van der Waals surface area contributed by atoms with Crippen LogP contribution < -0.4 is 4.90 Å². The third-order valence-electron chi connectivity index (χ3n) is 4.02. The van der Waals surface area contributed by atoms with Gasteiger partial charge in [-0.3, -0.25) is 0 Å². The number of ether oxygens (including phenoxy) is 3. The summed E-state index contributed by atoms with van der Waals surface area (Å²) in [6.45, 7) is 1.76. The Morgan fingerprint density at radius 1 is 1.20 bits per heavy atom. The van der Waals surface area contributed by atoms with Crippen LogP contribution in [-0.4, -0.2) is 64.0 Å². The van der Waals surface area contributed by atoms with Crippen LogP contribution in [0.5, 0.6) is 0 Å². The van der Waals surface area contributed by atoms with Crippen molar-refractivity contribution in [3.8, 4) is 6.07 Å². The molecule has 0 spiro atoms. The Hall–Kier alpha value is -2.60. The predicted molar refractivity (Wildman–Crippen MR) is 114 cm³/mol. The van der Waals surface area contributed by atoms with Crippen LogP contribution >= 0.6 is 11.6 Å². The summed E-state index contributed by atoms with van der Waals surface area (Å²) >= 11 is 5.58. The average molecular weight is 436 g/mol. The maximum absolute atomic E-state index is 12.1. The third-order valence-corrected chi connectivity index (χ3v) is 4.29. The number of aromatic nitrogens is 1. The smallest absolute Gasteiger partial charge is 0.349 e. The van der Waals surface area contributed by atoms with Crippen molar-refractivity contribution >= 4 is 40.4 Å². The Morgan fingerprint density at radius 2 is 1.93 bits per heavy atom. The minimum Gasteiger partial charge on any atom is -0.459 e. The van der Waals surface area contributed by atoms with E-state index in [0.29, 0.717) is 36.8 Å². The van der Waals surface area contributed by atoms with Gasteiger partial charge in [0.25, 0.3) is 0 Å². The Bertz CT molecular complexity index is 888. The quantitative estimate of drug-likeness (QED) is 0.155. The van der Waals surface area contributed by atoms with Crippen LogP contribution in [0, 0.1) is 11.3 Å². The number of nitriles is 1. The van der Waals surface area contributed by atoms with E-state index in [2.05, 4.69) is 4.98 Å². The molecule has 0 aliphatic rings. The van der Waals surface area contributed by atoms with Crippen molar-refractivity contribution in [3.05, 3.63) is 29.7 Å². The molecular weight excluding hydrogens is 410 g/mol. The summed E-state index contributed by atoms with van der Waals surface area (Å²) in [6, 6.07) is 7.37. The number of unbranched alkanes of at least 4 members (excludes halogenated alkanes) is 1. The second kappa shape index (κ2) is 12.9. The molecule has 0 unspecified atom stereocenters. The zero-order valence-electron chi connectivity index (χ0n) is 17.2. The number of halogens is 1. The standard InChI is InChI=1S/C21H26ClN3O5/c1-25(2)17-5-6-18-19(14-17)30-20(24-18)13-16(15-23)21(26)29-12-11-28-10-9-27-8-4-3-7-22/h5-6,13-14H,3-4,7-12H2,1-2H3/b16-13+. The number of anilines is 1. The largest absolute Gasteiger partial charge is 0.459 e. The van der Waals surface area contributed by atoms with Crippen molar-refractivity contribution in [2.45, 2.75) is 12.8 Å². The number of benzene rings is 1. The third kappa shape index (κ3) is 7.67. The van der Waals surface area contributed by atoms with Gasteiger partial charge in [-0.25, -0.2) is 9.78 Å². The van der Waals surface area contributed by atoms with Crippen LogP contribution in [0.4, 0.5) is 5.69 Å². The number of hydrogen-bond donors (Lipinski definition) is 0. The van der Waals surface area contributed by atoms with Gasteiger partial charge in [-0.2, -0.15) is 5.26 Å². The van der Waals surface area contributed by atoms with Crippen molar-refractivity contribution in [1.82, 2.24) is 4.98 Å². The van der Waals surface area contributed by atoms with Crippen molar-refractivity contribution < 1.29 is 23.4 Å². The minimum atomic E-state index is -0.755. The van der Waals surface area contributed by atoms with E-state index >= 15 is 0 Å². The van der Waals surface area contributed by atoms with Gasteiger partial charge in [0.1, 0.15) is 23.8 Å². The molecule has 8 nitrogen and oxygen atoms in total. The fourth-order valence-corrected chi connectivity index (χ4v) is 2.61. The summed E-state index contributed by atoms with van der Waals surface area (Å²) in [5.74, 6) is 0.0420. The van der Waals surface area contributed by atoms with Gasteiger partial charge in [0.2, 0.25) is 5.89 Å². The number of esters is 1. The van der Waals surface area contributed by atoms with E-state index in [9.17, 15) is 10.1 Å². The van der Waals surface area contributed by atoms with E-state index in [1.54, 1.807) is 0 Å².